The second-order valence-electron chi connectivity index (χ2n) is 5.15. The van der Waals surface area contributed by atoms with Crippen molar-refractivity contribution in [3.05, 3.63) is 35.7 Å². The van der Waals surface area contributed by atoms with Gasteiger partial charge in [0.1, 0.15) is 0 Å². The van der Waals surface area contributed by atoms with Crippen molar-refractivity contribution in [3.8, 4) is 0 Å². The summed E-state index contributed by atoms with van der Waals surface area (Å²) < 4.78 is 5.47. The Balaban J connectivity index is 1.49. The zero-order valence-electron chi connectivity index (χ0n) is 12.0. The Labute approximate surface area is 131 Å². The molecule has 1 aromatic heterocycles. The third-order valence-corrected chi connectivity index (χ3v) is 4.07. The molecule has 22 heavy (non-hydrogen) atoms. The van der Waals surface area contributed by atoms with Gasteiger partial charge in [-0.25, -0.2) is 0 Å². The number of Topliss-reactive ketones (excluding diaryl/α,β-unsaturated/α-hetero) is 1. The molecule has 1 aliphatic carbocycles. The lowest BCUT2D eigenvalue weighted by Gasteiger charge is -2.04. The van der Waals surface area contributed by atoms with Crippen LogP contribution in [0.2, 0.25) is 0 Å². The molecule has 2 aromatic rings. The summed E-state index contributed by atoms with van der Waals surface area (Å²) in [5.74, 6) is 1.11. The topological polar surface area (TPSA) is 85.1 Å². The maximum Gasteiger partial charge on any atom is 0.277 e. The molecule has 1 N–H and O–H groups in total. The number of anilines is 1. The van der Waals surface area contributed by atoms with Crippen LogP contribution in [0.15, 0.2) is 33.9 Å². The number of hydrogen-bond acceptors (Lipinski definition) is 6. The first kappa shape index (κ1) is 14.8. The van der Waals surface area contributed by atoms with Gasteiger partial charge in [-0.05, 0) is 44.0 Å². The molecule has 0 spiro atoms. The molecule has 114 valence electrons. The van der Waals surface area contributed by atoms with Crippen LogP contribution in [-0.2, 0) is 4.79 Å². The van der Waals surface area contributed by atoms with E-state index in [1.807, 2.05) is 0 Å². The zero-order valence-corrected chi connectivity index (χ0v) is 12.9. The van der Waals surface area contributed by atoms with Crippen LogP contribution in [0.25, 0.3) is 0 Å². The van der Waals surface area contributed by atoms with Crippen molar-refractivity contribution >= 4 is 29.1 Å². The van der Waals surface area contributed by atoms with Crippen LogP contribution < -0.4 is 5.32 Å². The van der Waals surface area contributed by atoms with Crippen molar-refractivity contribution in [2.45, 2.75) is 30.9 Å². The third kappa shape index (κ3) is 3.73. The molecule has 1 fully saturated rings. The molecular weight excluding hydrogens is 302 g/mol. The highest BCUT2D eigenvalue weighted by Crippen LogP contribution is 2.39. The molecule has 0 radical (unpaired) electrons. The highest BCUT2D eigenvalue weighted by atomic mass is 32.2. The summed E-state index contributed by atoms with van der Waals surface area (Å²) in [5, 5.41) is 11.1. The normalized spacial score (nSPS) is 13.9. The van der Waals surface area contributed by atoms with E-state index in [9.17, 15) is 9.59 Å². The van der Waals surface area contributed by atoms with Gasteiger partial charge in [-0.2, -0.15) is 0 Å². The van der Waals surface area contributed by atoms with Gasteiger partial charge in [0, 0.05) is 17.2 Å². The van der Waals surface area contributed by atoms with Gasteiger partial charge in [-0.3, -0.25) is 9.59 Å². The zero-order chi connectivity index (χ0) is 15.5. The highest BCUT2D eigenvalue weighted by Gasteiger charge is 2.29. The standard InChI is InChI=1S/C15H15N3O3S/c1-9(19)10-4-6-12(7-5-10)16-13(20)8-22-15-18-17-14(21-15)11-2-3-11/h4-7,11H,2-3,8H2,1H3,(H,16,20). The van der Waals surface area contributed by atoms with Crippen molar-refractivity contribution in [3.63, 3.8) is 0 Å². The van der Waals surface area contributed by atoms with E-state index in [-0.39, 0.29) is 17.4 Å². The predicted molar refractivity (Wildman–Crippen MR) is 82.1 cm³/mol. The molecule has 0 aliphatic heterocycles. The molecule has 6 nitrogen and oxygen atoms in total. The Bertz CT molecular complexity index is 692. The minimum absolute atomic E-state index is 0.00343. The number of carbonyl (C=O) groups excluding carboxylic acids is 2. The fourth-order valence-corrected chi connectivity index (χ4v) is 2.46. The Morgan fingerprint density at radius 2 is 2.00 bits per heavy atom. The molecule has 1 heterocycles. The van der Waals surface area contributed by atoms with E-state index in [4.69, 9.17) is 4.42 Å². The third-order valence-electron chi connectivity index (χ3n) is 3.25. The second-order valence-corrected chi connectivity index (χ2v) is 6.08. The molecule has 1 aromatic carbocycles. The average molecular weight is 317 g/mol. The quantitative estimate of drug-likeness (QED) is 0.651. The number of aromatic nitrogens is 2. The fraction of sp³-hybridized carbons (Fsp3) is 0.333. The molecule has 0 atom stereocenters. The smallest absolute Gasteiger partial charge is 0.277 e. The van der Waals surface area contributed by atoms with Gasteiger partial charge >= 0.3 is 0 Å². The number of hydrogen-bond donors (Lipinski definition) is 1. The molecule has 1 saturated carbocycles. The van der Waals surface area contributed by atoms with Gasteiger partial charge in [-0.15, -0.1) is 10.2 Å². The van der Waals surface area contributed by atoms with Gasteiger partial charge in [-0.1, -0.05) is 11.8 Å². The lowest BCUT2D eigenvalue weighted by molar-refractivity contribution is -0.113. The van der Waals surface area contributed by atoms with Crippen molar-refractivity contribution in [2.24, 2.45) is 0 Å². The van der Waals surface area contributed by atoms with E-state index >= 15 is 0 Å². The van der Waals surface area contributed by atoms with E-state index in [2.05, 4.69) is 15.5 Å². The number of rotatable bonds is 6. The summed E-state index contributed by atoms with van der Waals surface area (Å²) in [5.41, 5.74) is 1.27. The Kier molecular flexibility index (Phi) is 4.24. The minimum atomic E-state index is -0.160. The molecule has 7 heteroatoms. The van der Waals surface area contributed by atoms with Crippen LogP contribution >= 0.6 is 11.8 Å². The predicted octanol–water partition coefficient (Wildman–Crippen LogP) is 2.88. The molecule has 0 saturated heterocycles. The van der Waals surface area contributed by atoms with Crippen molar-refractivity contribution in [2.75, 3.05) is 11.1 Å². The molecule has 0 bridgehead atoms. The Morgan fingerprint density at radius 3 is 2.64 bits per heavy atom. The van der Waals surface area contributed by atoms with Gasteiger partial charge in [0.25, 0.3) is 5.22 Å². The highest BCUT2D eigenvalue weighted by molar-refractivity contribution is 7.99. The summed E-state index contributed by atoms with van der Waals surface area (Å²) in [4.78, 5) is 23.0. The molecule has 3 rings (SSSR count). The molecule has 1 amide bonds. The van der Waals surface area contributed by atoms with Crippen LogP contribution in [0.1, 0.15) is 41.9 Å². The number of benzene rings is 1. The van der Waals surface area contributed by atoms with Crippen LogP contribution in [0.5, 0.6) is 0 Å². The Morgan fingerprint density at radius 1 is 1.27 bits per heavy atom. The van der Waals surface area contributed by atoms with Crippen LogP contribution in [0, 0.1) is 0 Å². The number of nitrogens with one attached hydrogen (secondary N) is 1. The summed E-state index contributed by atoms with van der Waals surface area (Å²) in [7, 11) is 0. The SMILES string of the molecule is CC(=O)c1ccc(NC(=O)CSc2nnc(C3CC3)o2)cc1. The number of amides is 1. The maximum atomic E-state index is 11.9. The first-order valence-corrected chi connectivity index (χ1v) is 7.97. The average Bonchev–Trinajstić information content (AvgIpc) is 3.25. The number of nitrogens with zero attached hydrogens (tertiary/aromatic N) is 2. The lowest BCUT2D eigenvalue weighted by Crippen LogP contribution is -2.14. The van der Waals surface area contributed by atoms with E-state index in [0.717, 1.165) is 12.8 Å². The first-order chi connectivity index (χ1) is 10.6. The van der Waals surface area contributed by atoms with Crippen molar-refractivity contribution < 1.29 is 14.0 Å². The number of carbonyl (C=O) groups is 2. The van der Waals surface area contributed by atoms with Crippen LogP contribution in [0.3, 0.4) is 0 Å². The summed E-state index contributed by atoms with van der Waals surface area (Å²) in [6.45, 7) is 1.50. The minimum Gasteiger partial charge on any atom is -0.416 e. The van der Waals surface area contributed by atoms with E-state index in [0.29, 0.717) is 28.3 Å². The largest absolute Gasteiger partial charge is 0.416 e. The van der Waals surface area contributed by atoms with E-state index < -0.39 is 0 Å². The fourth-order valence-electron chi connectivity index (χ4n) is 1.89. The van der Waals surface area contributed by atoms with Gasteiger partial charge in [0.15, 0.2) is 5.78 Å². The van der Waals surface area contributed by atoms with Crippen LogP contribution in [-0.4, -0.2) is 27.6 Å². The van der Waals surface area contributed by atoms with Gasteiger partial charge in [0.05, 0.1) is 5.75 Å². The summed E-state index contributed by atoms with van der Waals surface area (Å²) >= 11 is 1.22. The van der Waals surface area contributed by atoms with Crippen molar-refractivity contribution in [1.29, 1.82) is 0 Å². The maximum absolute atomic E-state index is 11.9. The lowest BCUT2D eigenvalue weighted by atomic mass is 10.1. The van der Waals surface area contributed by atoms with E-state index in [1.54, 1.807) is 24.3 Å². The second kappa shape index (κ2) is 6.31. The number of ketones is 1. The van der Waals surface area contributed by atoms with Crippen LogP contribution in [0.4, 0.5) is 5.69 Å². The van der Waals surface area contributed by atoms with E-state index in [1.165, 1.54) is 18.7 Å². The first-order valence-electron chi connectivity index (χ1n) is 6.99. The Hall–Kier alpha value is -2.15. The van der Waals surface area contributed by atoms with Gasteiger partial charge < -0.3 is 9.73 Å². The van der Waals surface area contributed by atoms with Crippen molar-refractivity contribution in [1.82, 2.24) is 10.2 Å². The molecular formula is C15H15N3O3S. The monoisotopic (exact) mass is 317 g/mol. The molecule has 0 unspecified atom stereocenters. The summed E-state index contributed by atoms with van der Waals surface area (Å²) in [6, 6.07) is 6.78. The molecule has 1 aliphatic rings. The number of thioether (sulfide) groups is 1. The van der Waals surface area contributed by atoms with Gasteiger partial charge in [0.2, 0.25) is 11.8 Å². The summed E-state index contributed by atoms with van der Waals surface area (Å²) in [6.07, 6.45) is 2.20.